The maximum atomic E-state index is 10.3. The third kappa shape index (κ3) is 4.01. The monoisotopic (exact) mass is 195 g/mol. The minimum atomic E-state index is -4.00. The van der Waals surface area contributed by atoms with E-state index in [-0.39, 0.29) is 5.75 Å². The van der Waals surface area contributed by atoms with Crippen LogP contribution in [0.5, 0.6) is 0 Å². The van der Waals surface area contributed by atoms with Gasteiger partial charge in [0.2, 0.25) is 0 Å². The summed E-state index contributed by atoms with van der Waals surface area (Å²) in [5, 5.41) is 2.20. The molecule has 1 saturated heterocycles. The molecule has 3 N–H and O–H groups in total. The first kappa shape index (κ1) is 9.91. The number of rotatable bonds is 3. The lowest BCUT2D eigenvalue weighted by Gasteiger charge is -2.22. The molecule has 5 nitrogen and oxygen atoms in total. The van der Waals surface area contributed by atoms with Crippen LogP contribution >= 0.6 is 0 Å². The zero-order chi connectivity index (χ0) is 9.03. The van der Waals surface area contributed by atoms with Crippen molar-refractivity contribution in [2.75, 3.05) is 38.5 Å². The van der Waals surface area contributed by atoms with Gasteiger partial charge in [0.15, 0.2) is 0 Å². The third-order valence-corrected chi connectivity index (χ3v) is 2.81. The number of quaternary nitrogens is 2. The lowest BCUT2D eigenvalue weighted by atomic mass is 10.4. The number of hydrogen-bond acceptors (Lipinski definition) is 3. The van der Waals surface area contributed by atoms with Gasteiger partial charge in [0.05, 0.1) is 12.3 Å². The first-order chi connectivity index (χ1) is 5.58. The van der Waals surface area contributed by atoms with Crippen molar-refractivity contribution in [1.29, 1.82) is 0 Å². The molecule has 1 aliphatic heterocycles. The number of piperazine rings is 1. The quantitative estimate of drug-likeness (QED) is 0.450. The van der Waals surface area contributed by atoms with Crippen LogP contribution in [0.4, 0.5) is 0 Å². The smallest absolute Gasteiger partial charge is 0.127 e. The Morgan fingerprint density at radius 1 is 1.33 bits per heavy atom. The predicted molar refractivity (Wildman–Crippen MR) is 41.8 cm³/mol. The maximum absolute atomic E-state index is 10.3. The van der Waals surface area contributed by atoms with Gasteiger partial charge in [-0.05, 0) is 0 Å². The summed E-state index contributed by atoms with van der Waals surface area (Å²) in [5.41, 5.74) is 0. The van der Waals surface area contributed by atoms with Crippen LogP contribution in [0.15, 0.2) is 0 Å². The van der Waals surface area contributed by atoms with Crippen molar-refractivity contribution in [2.24, 2.45) is 0 Å². The molecule has 0 aromatic rings. The fraction of sp³-hybridized carbons (Fsp3) is 1.00. The van der Waals surface area contributed by atoms with Gasteiger partial charge >= 0.3 is 0 Å². The van der Waals surface area contributed by atoms with Crippen LogP contribution < -0.4 is 10.2 Å². The summed E-state index contributed by atoms with van der Waals surface area (Å²) < 4.78 is 30.9. The highest BCUT2D eigenvalue weighted by molar-refractivity contribution is 7.85. The van der Waals surface area contributed by atoms with Crippen LogP contribution in [0, 0.1) is 0 Å². The van der Waals surface area contributed by atoms with Gasteiger partial charge in [0, 0.05) is 0 Å². The standard InChI is InChI=1S/C6H14N2O3S/c9-12(10,11)6-5-8-3-1-7-2-4-8/h7H,1-6H2,(H,9,10,11)/p+1. The van der Waals surface area contributed by atoms with Gasteiger partial charge < -0.3 is 14.8 Å². The van der Waals surface area contributed by atoms with Crippen molar-refractivity contribution in [3.8, 4) is 0 Å². The zero-order valence-electron chi connectivity index (χ0n) is 6.95. The Morgan fingerprint density at radius 2 is 1.92 bits per heavy atom. The van der Waals surface area contributed by atoms with E-state index in [4.69, 9.17) is 0 Å². The molecule has 0 saturated carbocycles. The van der Waals surface area contributed by atoms with E-state index in [1.165, 1.54) is 4.90 Å². The lowest BCUT2D eigenvalue weighted by Crippen LogP contribution is -3.20. The summed E-state index contributed by atoms with van der Waals surface area (Å²) in [4.78, 5) is 1.23. The van der Waals surface area contributed by atoms with Crippen molar-refractivity contribution < 1.29 is 23.2 Å². The van der Waals surface area contributed by atoms with E-state index >= 15 is 0 Å². The van der Waals surface area contributed by atoms with Crippen LogP contribution in [0.3, 0.4) is 0 Å². The van der Waals surface area contributed by atoms with E-state index < -0.39 is 10.1 Å². The van der Waals surface area contributed by atoms with E-state index in [1.807, 2.05) is 0 Å². The van der Waals surface area contributed by atoms with E-state index in [0.29, 0.717) is 6.54 Å². The van der Waals surface area contributed by atoms with Crippen molar-refractivity contribution in [3.63, 3.8) is 0 Å². The highest BCUT2D eigenvalue weighted by atomic mass is 32.2. The Morgan fingerprint density at radius 3 is 2.42 bits per heavy atom. The summed E-state index contributed by atoms with van der Waals surface area (Å²) in [5.74, 6) is -0.220. The second-order valence-electron chi connectivity index (χ2n) is 3.13. The Kier molecular flexibility index (Phi) is 3.45. The van der Waals surface area contributed by atoms with Gasteiger partial charge in [-0.2, -0.15) is 0 Å². The van der Waals surface area contributed by atoms with E-state index in [1.54, 1.807) is 0 Å². The molecule has 1 heterocycles. The molecule has 0 bridgehead atoms. The van der Waals surface area contributed by atoms with Gasteiger partial charge in [-0.15, -0.1) is 0 Å². The average Bonchev–Trinajstić information content (AvgIpc) is 2.02. The summed E-state index contributed by atoms with van der Waals surface area (Å²) >= 11 is 0. The van der Waals surface area contributed by atoms with E-state index in [9.17, 15) is 13.0 Å². The molecule has 0 atom stereocenters. The largest absolute Gasteiger partial charge is 0.748 e. The molecule has 0 amide bonds. The highest BCUT2D eigenvalue weighted by Crippen LogP contribution is 1.75. The first-order valence-corrected chi connectivity index (χ1v) is 5.74. The van der Waals surface area contributed by atoms with Crippen LogP contribution in [0.2, 0.25) is 0 Å². The summed E-state index contributed by atoms with van der Waals surface area (Å²) in [7, 11) is -4.00. The van der Waals surface area contributed by atoms with Gasteiger partial charge in [-0.25, -0.2) is 8.42 Å². The third-order valence-electron chi connectivity index (χ3n) is 2.11. The first-order valence-electron chi connectivity index (χ1n) is 4.17. The van der Waals surface area contributed by atoms with Crippen molar-refractivity contribution in [1.82, 2.24) is 0 Å². The minimum absolute atomic E-state index is 0.220. The second-order valence-corrected chi connectivity index (χ2v) is 4.65. The second kappa shape index (κ2) is 4.18. The molecule has 6 heteroatoms. The molecule has 1 aliphatic rings. The van der Waals surface area contributed by atoms with Crippen LogP contribution in [0.1, 0.15) is 0 Å². The van der Waals surface area contributed by atoms with Crippen molar-refractivity contribution in [2.45, 2.75) is 0 Å². The van der Waals surface area contributed by atoms with Crippen molar-refractivity contribution in [3.05, 3.63) is 0 Å². The Balaban J connectivity index is 2.22. The van der Waals surface area contributed by atoms with Crippen LogP contribution in [-0.4, -0.2) is 51.4 Å². The van der Waals surface area contributed by atoms with E-state index in [0.717, 1.165) is 26.2 Å². The molecule has 12 heavy (non-hydrogen) atoms. The molecule has 1 fully saturated rings. The van der Waals surface area contributed by atoms with Gasteiger partial charge in [0.1, 0.15) is 36.3 Å². The molecule has 0 aliphatic carbocycles. The molecular weight excluding hydrogens is 180 g/mol. The molecular formula is C6H15N2O3S+. The number of nitrogens with one attached hydrogen (secondary N) is 1. The average molecular weight is 195 g/mol. The van der Waals surface area contributed by atoms with E-state index in [2.05, 4.69) is 5.32 Å². The van der Waals surface area contributed by atoms with Gasteiger partial charge in [-0.3, -0.25) is 0 Å². The van der Waals surface area contributed by atoms with Gasteiger partial charge in [-0.1, -0.05) is 0 Å². The predicted octanol–water partition coefficient (Wildman–Crippen LogP) is -4.01. The highest BCUT2D eigenvalue weighted by Gasteiger charge is 2.15. The SMILES string of the molecule is O=S(=O)([O-])CC[NH+]1CC[NH2+]CC1. The molecule has 0 radical (unpaired) electrons. The molecule has 0 unspecified atom stereocenters. The maximum Gasteiger partial charge on any atom is 0.127 e. The van der Waals surface area contributed by atoms with Crippen LogP contribution in [-0.2, 0) is 10.1 Å². The summed E-state index contributed by atoms with van der Waals surface area (Å²) in [6.45, 7) is 4.48. The molecule has 0 aromatic heterocycles. The lowest BCUT2D eigenvalue weighted by molar-refractivity contribution is -0.944. The summed E-state index contributed by atoms with van der Waals surface area (Å²) in [6.07, 6.45) is 0. The van der Waals surface area contributed by atoms with Gasteiger partial charge in [0.25, 0.3) is 0 Å². The molecule has 0 spiro atoms. The zero-order valence-corrected chi connectivity index (χ0v) is 7.77. The molecule has 72 valence electrons. The normalized spacial score (nSPS) is 21.1. The van der Waals surface area contributed by atoms with Crippen LogP contribution in [0.25, 0.3) is 0 Å². The fourth-order valence-corrected chi connectivity index (χ4v) is 1.94. The van der Waals surface area contributed by atoms with Crippen molar-refractivity contribution >= 4 is 10.1 Å². The summed E-state index contributed by atoms with van der Waals surface area (Å²) in [6, 6.07) is 0. The fourth-order valence-electron chi connectivity index (χ4n) is 1.40. The number of nitrogens with two attached hydrogens (primary N) is 1. The Hall–Kier alpha value is -0.170. The minimum Gasteiger partial charge on any atom is -0.748 e. The Labute approximate surface area is 72.5 Å². The molecule has 1 rings (SSSR count). The Bertz CT molecular complexity index is 221. The molecule has 0 aromatic carbocycles. The number of hydrogen-bond donors (Lipinski definition) is 2. The topological polar surface area (TPSA) is 78.2 Å².